The highest BCUT2D eigenvalue weighted by Crippen LogP contribution is 2.39. The molecular weight excluding hydrogens is 310 g/mol. The first-order valence-electron chi connectivity index (χ1n) is 6.67. The first kappa shape index (κ1) is 16.0. The smallest absolute Gasteiger partial charge is 0.348 e. The fourth-order valence-electron chi connectivity index (χ4n) is 2.41. The van der Waals surface area contributed by atoms with Crippen molar-refractivity contribution in [3.8, 4) is 0 Å². The molecule has 0 aliphatic heterocycles. The van der Waals surface area contributed by atoms with Crippen molar-refractivity contribution < 1.29 is 19.1 Å². The molecule has 0 saturated carbocycles. The Kier molecular flexibility index (Phi) is 5.05. The van der Waals surface area contributed by atoms with Crippen LogP contribution in [0.4, 0.5) is 0 Å². The third kappa shape index (κ3) is 3.13. The van der Waals surface area contributed by atoms with E-state index in [1.807, 2.05) is 6.26 Å². The number of thiophene rings is 1. The van der Waals surface area contributed by atoms with Gasteiger partial charge in [0.25, 0.3) is 0 Å². The van der Waals surface area contributed by atoms with Crippen molar-refractivity contribution in [2.24, 2.45) is 0 Å². The zero-order valence-electron chi connectivity index (χ0n) is 12.1. The molecule has 1 amide bonds. The molecule has 7 heteroatoms. The van der Waals surface area contributed by atoms with E-state index in [2.05, 4.69) is 5.32 Å². The molecule has 0 bridgehead atoms. The largest absolute Gasteiger partial charge is 0.462 e. The maximum absolute atomic E-state index is 12.6. The number of carbonyl (C=O) groups excluding carboxylic acids is 3. The van der Waals surface area contributed by atoms with Crippen molar-refractivity contribution in [3.63, 3.8) is 0 Å². The average molecular weight is 327 g/mol. The second-order valence-corrected chi connectivity index (χ2v) is 6.75. The molecule has 1 unspecified atom stereocenters. The number of fused-ring (bicyclic) bond motifs is 1. The first-order valence-corrected chi connectivity index (χ1v) is 8.71. The molecule has 1 heterocycles. The Morgan fingerprint density at radius 3 is 2.76 bits per heavy atom. The summed E-state index contributed by atoms with van der Waals surface area (Å²) in [7, 11) is 0. The van der Waals surface area contributed by atoms with Crippen LogP contribution in [0.5, 0.6) is 0 Å². The third-order valence-corrected chi connectivity index (χ3v) is 5.58. The van der Waals surface area contributed by atoms with Gasteiger partial charge < -0.3 is 10.1 Å². The summed E-state index contributed by atoms with van der Waals surface area (Å²) in [4.78, 5) is 36.3. The van der Waals surface area contributed by atoms with Gasteiger partial charge in [-0.2, -0.15) is 0 Å². The minimum atomic E-state index is -0.495. The zero-order valence-corrected chi connectivity index (χ0v) is 13.8. The normalized spacial score (nSPS) is 17.3. The number of esters is 1. The van der Waals surface area contributed by atoms with Crippen LogP contribution < -0.4 is 5.32 Å². The van der Waals surface area contributed by atoms with Crippen LogP contribution in [0.3, 0.4) is 0 Å². The number of rotatable bonds is 4. The predicted molar refractivity (Wildman–Crippen MR) is 82.3 cm³/mol. The summed E-state index contributed by atoms with van der Waals surface area (Å²) in [6.45, 7) is 3.46. The summed E-state index contributed by atoms with van der Waals surface area (Å²) in [6, 6.07) is -0.495. The van der Waals surface area contributed by atoms with E-state index in [-0.39, 0.29) is 17.7 Å². The monoisotopic (exact) mass is 327 g/mol. The van der Waals surface area contributed by atoms with E-state index in [9.17, 15) is 14.4 Å². The maximum atomic E-state index is 12.6. The first-order chi connectivity index (χ1) is 9.99. The quantitative estimate of drug-likeness (QED) is 0.678. The SMILES string of the molecule is CCOC(=O)c1sc(SC)c2c1CCC(NC(C)=O)C2=O. The molecule has 1 aliphatic rings. The lowest BCUT2D eigenvalue weighted by molar-refractivity contribution is -0.119. The van der Waals surface area contributed by atoms with Gasteiger partial charge in [0.2, 0.25) is 5.91 Å². The van der Waals surface area contributed by atoms with Gasteiger partial charge in [0.1, 0.15) is 4.88 Å². The summed E-state index contributed by atoms with van der Waals surface area (Å²) in [5, 5.41) is 2.68. The van der Waals surface area contributed by atoms with Crippen molar-refractivity contribution in [1.82, 2.24) is 5.32 Å². The molecule has 1 atom stereocenters. The van der Waals surface area contributed by atoms with Gasteiger partial charge in [0, 0.05) is 12.5 Å². The van der Waals surface area contributed by atoms with E-state index in [4.69, 9.17) is 4.74 Å². The fourth-order valence-corrected chi connectivity index (χ4v) is 4.40. The van der Waals surface area contributed by atoms with E-state index < -0.39 is 6.04 Å². The van der Waals surface area contributed by atoms with Gasteiger partial charge in [0.05, 0.1) is 16.9 Å². The highest BCUT2D eigenvalue weighted by molar-refractivity contribution is 8.00. The van der Waals surface area contributed by atoms with Crippen LogP contribution >= 0.6 is 23.1 Å². The van der Waals surface area contributed by atoms with Crippen LogP contribution in [0.1, 0.15) is 45.9 Å². The Balaban J connectivity index is 2.40. The second kappa shape index (κ2) is 6.62. The van der Waals surface area contributed by atoms with Crippen molar-refractivity contribution >= 4 is 40.8 Å². The molecule has 114 valence electrons. The summed E-state index contributed by atoms with van der Waals surface area (Å²) in [5.74, 6) is -0.698. The molecule has 1 N–H and O–H groups in total. The van der Waals surface area contributed by atoms with Crippen LogP contribution in [-0.4, -0.2) is 36.6 Å². The minimum absolute atomic E-state index is 0.109. The number of Topliss-reactive ketones (excluding diaryl/α,β-unsaturated/α-hetero) is 1. The molecule has 0 saturated heterocycles. The van der Waals surface area contributed by atoms with Gasteiger partial charge >= 0.3 is 5.97 Å². The Labute approximate surface area is 131 Å². The molecule has 0 spiro atoms. The van der Waals surface area contributed by atoms with Gasteiger partial charge in [-0.05, 0) is 31.6 Å². The molecule has 5 nitrogen and oxygen atoms in total. The highest BCUT2D eigenvalue weighted by atomic mass is 32.2. The summed E-state index contributed by atoms with van der Waals surface area (Å²) >= 11 is 2.74. The van der Waals surface area contributed by atoms with Crippen LogP contribution in [-0.2, 0) is 16.0 Å². The number of ketones is 1. The molecule has 21 heavy (non-hydrogen) atoms. The number of ether oxygens (including phenoxy) is 1. The van der Waals surface area contributed by atoms with Crippen LogP contribution in [0.15, 0.2) is 4.21 Å². The standard InChI is InChI=1S/C14H17NO4S2/c1-4-19-13(18)12-8-5-6-9(15-7(2)16)11(17)10(8)14(20-3)21-12/h9H,4-6H2,1-3H3,(H,15,16). The van der Waals surface area contributed by atoms with Crippen molar-refractivity contribution in [2.75, 3.05) is 12.9 Å². The van der Waals surface area contributed by atoms with E-state index in [1.165, 1.54) is 30.0 Å². The Hall–Kier alpha value is -1.34. The maximum Gasteiger partial charge on any atom is 0.348 e. The van der Waals surface area contributed by atoms with Crippen molar-refractivity contribution in [1.29, 1.82) is 0 Å². The van der Waals surface area contributed by atoms with E-state index in [1.54, 1.807) is 6.92 Å². The van der Waals surface area contributed by atoms with Gasteiger partial charge in [0.15, 0.2) is 5.78 Å². The van der Waals surface area contributed by atoms with E-state index >= 15 is 0 Å². The molecule has 0 fully saturated rings. The molecular formula is C14H17NO4S2. The van der Waals surface area contributed by atoms with Crippen LogP contribution in [0.25, 0.3) is 0 Å². The lowest BCUT2D eigenvalue weighted by Crippen LogP contribution is -2.42. The second-order valence-electron chi connectivity index (χ2n) is 4.65. The van der Waals surface area contributed by atoms with Gasteiger partial charge in [-0.15, -0.1) is 23.1 Å². The molecule has 0 aromatic carbocycles. The number of nitrogens with one attached hydrogen (secondary N) is 1. The fraction of sp³-hybridized carbons (Fsp3) is 0.500. The van der Waals surface area contributed by atoms with E-state index in [0.717, 1.165) is 9.77 Å². The molecule has 1 aromatic heterocycles. The Bertz CT molecular complexity index is 594. The highest BCUT2D eigenvalue weighted by Gasteiger charge is 2.35. The van der Waals surface area contributed by atoms with E-state index in [0.29, 0.717) is 29.9 Å². The Morgan fingerprint density at radius 1 is 1.48 bits per heavy atom. The number of hydrogen-bond donors (Lipinski definition) is 1. The number of amides is 1. The van der Waals surface area contributed by atoms with Gasteiger partial charge in [-0.3, -0.25) is 9.59 Å². The lowest BCUT2D eigenvalue weighted by atomic mass is 9.88. The molecule has 1 aliphatic carbocycles. The summed E-state index contributed by atoms with van der Waals surface area (Å²) in [6.07, 6.45) is 2.98. The summed E-state index contributed by atoms with van der Waals surface area (Å²) in [5.41, 5.74) is 1.36. The third-order valence-electron chi connectivity index (χ3n) is 3.24. The average Bonchev–Trinajstić information content (AvgIpc) is 2.81. The predicted octanol–water partition coefficient (Wildman–Crippen LogP) is 2.28. The zero-order chi connectivity index (χ0) is 15.6. The van der Waals surface area contributed by atoms with Gasteiger partial charge in [-0.1, -0.05) is 0 Å². The minimum Gasteiger partial charge on any atom is -0.462 e. The molecule has 0 radical (unpaired) electrons. The molecule has 1 aromatic rings. The number of thioether (sulfide) groups is 1. The van der Waals surface area contributed by atoms with Crippen LogP contribution in [0.2, 0.25) is 0 Å². The number of hydrogen-bond acceptors (Lipinski definition) is 6. The van der Waals surface area contributed by atoms with Gasteiger partial charge in [-0.25, -0.2) is 4.79 Å². The number of carbonyl (C=O) groups is 3. The Morgan fingerprint density at radius 2 is 2.19 bits per heavy atom. The lowest BCUT2D eigenvalue weighted by Gasteiger charge is -2.22. The van der Waals surface area contributed by atoms with Crippen molar-refractivity contribution in [2.45, 2.75) is 36.9 Å². The van der Waals surface area contributed by atoms with Crippen LogP contribution in [0, 0.1) is 0 Å². The van der Waals surface area contributed by atoms with Crippen molar-refractivity contribution in [3.05, 3.63) is 16.0 Å². The topological polar surface area (TPSA) is 72.5 Å². The summed E-state index contributed by atoms with van der Waals surface area (Å²) < 4.78 is 5.87. The molecule has 2 rings (SSSR count).